The number of carbonyl (C=O) groups is 2. The second kappa shape index (κ2) is 6.20. The molecule has 0 bridgehead atoms. The average molecular weight is 296 g/mol. The molecule has 114 valence electrons. The number of carbonyl (C=O) groups excluding carboxylic acids is 2. The molecule has 21 heavy (non-hydrogen) atoms. The van der Waals surface area contributed by atoms with Gasteiger partial charge in [0, 0.05) is 6.54 Å². The lowest BCUT2D eigenvalue weighted by Gasteiger charge is -2.16. The molecule has 1 aliphatic carbocycles. The van der Waals surface area contributed by atoms with Crippen LogP contribution in [0.2, 0.25) is 0 Å². The molecule has 0 heterocycles. The van der Waals surface area contributed by atoms with E-state index in [0.29, 0.717) is 19.4 Å². The lowest BCUT2D eigenvalue weighted by atomic mass is 10.0. The van der Waals surface area contributed by atoms with Crippen LogP contribution in [0.5, 0.6) is 0 Å². The average Bonchev–Trinajstić information content (AvgIpc) is 3.24. The molecule has 6 heteroatoms. The Balaban J connectivity index is 2.04. The molecule has 2 rings (SSSR count). The van der Waals surface area contributed by atoms with E-state index in [1.807, 2.05) is 6.92 Å². The van der Waals surface area contributed by atoms with Gasteiger partial charge in [0.2, 0.25) is 11.8 Å². The quantitative estimate of drug-likeness (QED) is 0.626. The molecule has 0 aromatic heterocycles. The molecule has 1 saturated carbocycles. The SMILES string of the molecule is CCCCNC(=O)C1(C(=O)Nc2c(F)cccc2F)CC1. The number of hydrogen-bond donors (Lipinski definition) is 2. The van der Waals surface area contributed by atoms with Crippen molar-refractivity contribution in [2.75, 3.05) is 11.9 Å². The summed E-state index contributed by atoms with van der Waals surface area (Å²) in [5, 5.41) is 4.90. The molecule has 1 fully saturated rings. The summed E-state index contributed by atoms with van der Waals surface area (Å²) in [6.07, 6.45) is 2.55. The number of benzene rings is 1. The van der Waals surface area contributed by atoms with Gasteiger partial charge in [-0.3, -0.25) is 9.59 Å². The van der Waals surface area contributed by atoms with Crippen molar-refractivity contribution in [3.05, 3.63) is 29.8 Å². The lowest BCUT2D eigenvalue weighted by molar-refractivity contribution is -0.134. The summed E-state index contributed by atoms with van der Waals surface area (Å²) in [6.45, 7) is 2.49. The number of amides is 2. The molecule has 0 spiro atoms. The number of para-hydroxylation sites is 1. The van der Waals surface area contributed by atoms with E-state index in [1.165, 1.54) is 6.07 Å². The van der Waals surface area contributed by atoms with Gasteiger partial charge >= 0.3 is 0 Å². The lowest BCUT2D eigenvalue weighted by Crippen LogP contribution is -2.40. The van der Waals surface area contributed by atoms with E-state index in [-0.39, 0.29) is 5.91 Å². The summed E-state index contributed by atoms with van der Waals surface area (Å²) in [5.74, 6) is -2.73. The molecule has 2 amide bonds. The molecule has 4 nitrogen and oxygen atoms in total. The number of unbranched alkanes of at least 4 members (excludes halogenated alkanes) is 1. The van der Waals surface area contributed by atoms with Gasteiger partial charge < -0.3 is 10.6 Å². The highest BCUT2D eigenvalue weighted by Gasteiger charge is 2.56. The topological polar surface area (TPSA) is 58.2 Å². The molecule has 0 atom stereocenters. The van der Waals surface area contributed by atoms with Crippen LogP contribution >= 0.6 is 0 Å². The van der Waals surface area contributed by atoms with E-state index in [4.69, 9.17) is 0 Å². The number of hydrogen-bond acceptors (Lipinski definition) is 2. The summed E-state index contributed by atoms with van der Waals surface area (Å²) >= 11 is 0. The highest BCUT2D eigenvalue weighted by Crippen LogP contribution is 2.47. The highest BCUT2D eigenvalue weighted by molar-refractivity contribution is 6.13. The van der Waals surface area contributed by atoms with E-state index in [2.05, 4.69) is 10.6 Å². The molecule has 0 aliphatic heterocycles. The first-order valence-electron chi connectivity index (χ1n) is 7.05. The van der Waals surface area contributed by atoms with Gasteiger partial charge in [0.25, 0.3) is 0 Å². The first-order valence-corrected chi connectivity index (χ1v) is 7.05. The Morgan fingerprint density at radius 3 is 2.33 bits per heavy atom. The van der Waals surface area contributed by atoms with Crippen LogP contribution in [0.15, 0.2) is 18.2 Å². The van der Waals surface area contributed by atoms with Gasteiger partial charge in [-0.2, -0.15) is 0 Å². The fraction of sp³-hybridized carbons (Fsp3) is 0.467. The summed E-state index contributed by atoms with van der Waals surface area (Å²) in [7, 11) is 0. The number of rotatable bonds is 6. The first kappa shape index (κ1) is 15.4. The molecule has 1 aliphatic rings. The first-order chi connectivity index (χ1) is 10.0. The Kier molecular flexibility index (Phi) is 4.55. The molecule has 2 N–H and O–H groups in total. The van der Waals surface area contributed by atoms with Gasteiger partial charge in [0.05, 0.1) is 0 Å². The highest BCUT2D eigenvalue weighted by atomic mass is 19.1. The summed E-state index contributed by atoms with van der Waals surface area (Å²) < 4.78 is 27.0. The fourth-order valence-electron chi connectivity index (χ4n) is 2.08. The third-order valence-electron chi connectivity index (χ3n) is 3.64. The van der Waals surface area contributed by atoms with Crippen LogP contribution < -0.4 is 10.6 Å². The van der Waals surface area contributed by atoms with Crippen molar-refractivity contribution >= 4 is 17.5 Å². The molecule has 1 aromatic carbocycles. The van der Waals surface area contributed by atoms with Crippen LogP contribution in [0, 0.1) is 17.0 Å². The van der Waals surface area contributed by atoms with Crippen molar-refractivity contribution in [3.8, 4) is 0 Å². The zero-order valence-corrected chi connectivity index (χ0v) is 11.8. The normalized spacial score (nSPS) is 15.4. The van der Waals surface area contributed by atoms with E-state index >= 15 is 0 Å². The van der Waals surface area contributed by atoms with Crippen molar-refractivity contribution in [3.63, 3.8) is 0 Å². The number of anilines is 1. The Bertz CT molecular complexity index is 536. The van der Waals surface area contributed by atoms with Gasteiger partial charge in [-0.05, 0) is 31.4 Å². The van der Waals surface area contributed by atoms with Gasteiger partial charge in [0.15, 0.2) is 0 Å². The van der Waals surface area contributed by atoms with Crippen LogP contribution in [-0.2, 0) is 9.59 Å². The zero-order valence-electron chi connectivity index (χ0n) is 11.8. The largest absolute Gasteiger partial charge is 0.355 e. The molecule has 1 aromatic rings. The predicted octanol–water partition coefficient (Wildman–Crippen LogP) is 2.60. The number of halogens is 2. The van der Waals surface area contributed by atoms with E-state index < -0.39 is 28.6 Å². The van der Waals surface area contributed by atoms with Crippen molar-refractivity contribution in [1.29, 1.82) is 0 Å². The molecule has 0 unspecified atom stereocenters. The maximum atomic E-state index is 13.5. The summed E-state index contributed by atoms with van der Waals surface area (Å²) in [5.41, 5.74) is -1.68. The van der Waals surface area contributed by atoms with Crippen LogP contribution in [-0.4, -0.2) is 18.4 Å². The standard InChI is InChI=1S/C15H18F2N2O2/c1-2-3-9-18-13(20)15(7-8-15)14(21)19-12-10(16)5-4-6-11(12)17/h4-6H,2-3,7-9H2,1H3,(H,18,20)(H,19,21). The minimum atomic E-state index is -1.18. The fourth-order valence-corrected chi connectivity index (χ4v) is 2.08. The summed E-state index contributed by atoms with van der Waals surface area (Å²) in [6, 6.07) is 3.32. The third-order valence-corrected chi connectivity index (χ3v) is 3.64. The van der Waals surface area contributed by atoms with Gasteiger partial charge in [-0.25, -0.2) is 8.78 Å². The summed E-state index contributed by atoms with van der Waals surface area (Å²) in [4.78, 5) is 24.2. The Morgan fingerprint density at radius 1 is 1.19 bits per heavy atom. The zero-order chi connectivity index (χ0) is 15.5. The Hall–Kier alpha value is -1.98. The molecular formula is C15H18F2N2O2. The Labute approximate surface area is 121 Å². The van der Waals surface area contributed by atoms with Gasteiger partial charge in [0.1, 0.15) is 22.7 Å². The van der Waals surface area contributed by atoms with Gasteiger partial charge in [-0.15, -0.1) is 0 Å². The maximum absolute atomic E-state index is 13.5. The molecule has 0 radical (unpaired) electrons. The van der Waals surface area contributed by atoms with E-state index in [1.54, 1.807) is 0 Å². The monoisotopic (exact) mass is 296 g/mol. The maximum Gasteiger partial charge on any atom is 0.240 e. The smallest absolute Gasteiger partial charge is 0.240 e. The van der Waals surface area contributed by atoms with Gasteiger partial charge in [-0.1, -0.05) is 19.4 Å². The van der Waals surface area contributed by atoms with Crippen LogP contribution in [0.25, 0.3) is 0 Å². The van der Waals surface area contributed by atoms with Crippen molar-refractivity contribution in [2.45, 2.75) is 32.6 Å². The molecular weight excluding hydrogens is 278 g/mol. The van der Waals surface area contributed by atoms with Crippen LogP contribution in [0.1, 0.15) is 32.6 Å². The van der Waals surface area contributed by atoms with Crippen LogP contribution in [0.4, 0.5) is 14.5 Å². The van der Waals surface area contributed by atoms with E-state index in [0.717, 1.165) is 25.0 Å². The minimum Gasteiger partial charge on any atom is -0.355 e. The van der Waals surface area contributed by atoms with Crippen molar-refractivity contribution in [2.24, 2.45) is 5.41 Å². The number of nitrogens with one attached hydrogen (secondary N) is 2. The predicted molar refractivity (Wildman–Crippen MR) is 74.6 cm³/mol. The third kappa shape index (κ3) is 3.20. The molecule has 0 saturated heterocycles. The second-order valence-corrected chi connectivity index (χ2v) is 5.24. The van der Waals surface area contributed by atoms with Crippen molar-refractivity contribution in [1.82, 2.24) is 5.32 Å². The second-order valence-electron chi connectivity index (χ2n) is 5.24. The minimum absolute atomic E-state index is 0.370. The van der Waals surface area contributed by atoms with Crippen LogP contribution in [0.3, 0.4) is 0 Å². The Morgan fingerprint density at radius 2 is 1.81 bits per heavy atom. The van der Waals surface area contributed by atoms with Crippen molar-refractivity contribution < 1.29 is 18.4 Å². The van der Waals surface area contributed by atoms with E-state index in [9.17, 15) is 18.4 Å².